The Morgan fingerprint density at radius 1 is 1.14 bits per heavy atom. The largest absolute Gasteiger partial charge is 0.372 e. The highest BCUT2D eigenvalue weighted by molar-refractivity contribution is 7.99. The maximum atomic E-state index is 11.0. The van der Waals surface area contributed by atoms with Crippen molar-refractivity contribution < 1.29 is 4.92 Å². The smallest absolute Gasteiger partial charge is 0.301 e. The van der Waals surface area contributed by atoms with Crippen LogP contribution in [0.5, 0.6) is 0 Å². The molecule has 1 saturated heterocycles. The van der Waals surface area contributed by atoms with E-state index < -0.39 is 4.92 Å². The topological polar surface area (TPSA) is 59.3 Å². The van der Waals surface area contributed by atoms with Crippen molar-refractivity contribution >= 4 is 23.1 Å². The number of hydrogen-bond acceptors (Lipinski definition) is 5. The molecule has 108 valence electrons. The van der Waals surface area contributed by atoms with Gasteiger partial charge in [-0.2, -0.15) is 0 Å². The summed E-state index contributed by atoms with van der Waals surface area (Å²) in [7, 11) is 0. The Labute approximate surface area is 127 Å². The van der Waals surface area contributed by atoms with Crippen molar-refractivity contribution in [2.75, 3.05) is 18.0 Å². The van der Waals surface area contributed by atoms with Gasteiger partial charge < -0.3 is 4.90 Å². The Morgan fingerprint density at radius 3 is 2.52 bits per heavy atom. The molecule has 0 N–H and O–H groups in total. The SMILES string of the molecule is O=[N+]([O-])c1cccnc1Sc1ccc(N2CCCC2)cc1. The first-order valence-electron chi connectivity index (χ1n) is 6.86. The summed E-state index contributed by atoms with van der Waals surface area (Å²) in [6.07, 6.45) is 4.07. The van der Waals surface area contributed by atoms with E-state index in [4.69, 9.17) is 0 Å². The van der Waals surface area contributed by atoms with E-state index in [2.05, 4.69) is 22.0 Å². The third kappa shape index (κ3) is 3.16. The molecule has 1 aromatic heterocycles. The van der Waals surface area contributed by atoms with E-state index in [1.54, 1.807) is 12.3 Å². The monoisotopic (exact) mass is 301 g/mol. The van der Waals surface area contributed by atoms with Crippen molar-refractivity contribution in [2.24, 2.45) is 0 Å². The fraction of sp³-hybridized carbons (Fsp3) is 0.267. The number of benzene rings is 1. The highest BCUT2D eigenvalue weighted by atomic mass is 32.2. The summed E-state index contributed by atoms with van der Waals surface area (Å²) < 4.78 is 0. The van der Waals surface area contributed by atoms with Gasteiger partial charge in [-0.25, -0.2) is 4.98 Å². The van der Waals surface area contributed by atoms with Gasteiger partial charge in [-0.3, -0.25) is 10.1 Å². The quantitative estimate of drug-likeness (QED) is 0.636. The van der Waals surface area contributed by atoms with E-state index in [9.17, 15) is 10.1 Å². The van der Waals surface area contributed by atoms with Crippen LogP contribution in [0.4, 0.5) is 11.4 Å². The predicted molar refractivity (Wildman–Crippen MR) is 82.9 cm³/mol. The van der Waals surface area contributed by atoms with E-state index in [-0.39, 0.29) is 5.69 Å². The fourth-order valence-corrected chi connectivity index (χ4v) is 3.27. The molecule has 1 aliphatic heterocycles. The van der Waals surface area contributed by atoms with E-state index in [1.165, 1.54) is 36.4 Å². The minimum atomic E-state index is -0.395. The zero-order valence-corrected chi connectivity index (χ0v) is 12.3. The normalized spacial score (nSPS) is 14.4. The molecule has 0 saturated carbocycles. The molecule has 0 unspecified atom stereocenters. The van der Waals surface area contributed by atoms with Crippen LogP contribution in [0.3, 0.4) is 0 Å². The van der Waals surface area contributed by atoms with Gasteiger partial charge in [0.1, 0.15) is 0 Å². The summed E-state index contributed by atoms with van der Waals surface area (Å²) in [5, 5.41) is 11.4. The summed E-state index contributed by atoms with van der Waals surface area (Å²) in [6.45, 7) is 2.22. The standard InChI is InChI=1S/C15H15N3O2S/c19-18(20)14-4-3-9-16-15(14)21-13-7-5-12(6-8-13)17-10-1-2-11-17/h3-9H,1-2,10-11H2. The Hall–Kier alpha value is -2.08. The summed E-state index contributed by atoms with van der Waals surface area (Å²) in [4.78, 5) is 18.0. The number of hydrogen-bond donors (Lipinski definition) is 0. The van der Waals surface area contributed by atoms with Crippen molar-refractivity contribution in [3.8, 4) is 0 Å². The highest BCUT2D eigenvalue weighted by Gasteiger charge is 2.16. The van der Waals surface area contributed by atoms with E-state index in [1.807, 2.05) is 12.1 Å². The van der Waals surface area contributed by atoms with Crippen molar-refractivity contribution in [3.05, 3.63) is 52.7 Å². The molecule has 1 aliphatic rings. The fourth-order valence-electron chi connectivity index (χ4n) is 2.41. The Morgan fingerprint density at radius 2 is 1.86 bits per heavy atom. The molecule has 0 atom stereocenters. The van der Waals surface area contributed by atoms with Crippen molar-refractivity contribution in [1.29, 1.82) is 0 Å². The maximum Gasteiger partial charge on any atom is 0.301 e. The zero-order valence-electron chi connectivity index (χ0n) is 11.4. The lowest BCUT2D eigenvalue weighted by Crippen LogP contribution is -2.17. The first kappa shape index (κ1) is 13.9. The first-order chi connectivity index (χ1) is 10.2. The van der Waals surface area contributed by atoms with Crippen LogP contribution in [-0.2, 0) is 0 Å². The number of nitro groups is 1. The molecule has 0 aliphatic carbocycles. The zero-order chi connectivity index (χ0) is 14.7. The third-order valence-electron chi connectivity index (χ3n) is 3.47. The predicted octanol–water partition coefficient (Wildman–Crippen LogP) is 3.74. The molecule has 0 amide bonds. The molecule has 6 heteroatoms. The van der Waals surface area contributed by atoms with Gasteiger partial charge in [0.05, 0.1) is 4.92 Å². The van der Waals surface area contributed by atoms with Gasteiger partial charge in [0, 0.05) is 35.9 Å². The minimum Gasteiger partial charge on any atom is -0.372 e. The van der Waals surface area contributed by atoms with Gasteiger partial charge >= 0.3 is 5.69 Å². The third-order valence-corrected chi connectivity index (χ3v) is 4.49. The highest BCUT2D eigenvalue weighted by Crippen LogP contribution is 2.33. The molecule has 0 spiro atoms. The van der Waals surface area contributed by atoms with Gasteiger partial charge in [-0.15, -0.1) is 0 Å². The van der Waals surface area contributed by atoms with Crippen molar-refractivity contribution in [3.63, 3.8) is 0 Å². The summed E-state index contributed by atoms with van der Waals surface area (Å²) in [5.41, 5.74) is 1.26. The number of rotatable bonds is 4. The molecule has 5 nitrogen and oxygen atoms in total. The molecule has 3 rings (SSSR count). The molecule has 1 fully saturated rings. The van der Waals surface area contributed by atoms with Crippen LogP contribution in [0, 0.1) is 10.1 Å². The van der Waals surface area contributed by atoms with Gasteiger partial charge in [0.15, 0.2) is 5.03 Å². The summed E-state index contributed by atoms with van der Waals surface area (Å²) in [5.74, 6) is 0. The molecule has 0 radical (unpaired) electrons. The molecular weight excluding hydrogens is 286 g/mol. The van der Waals surface area contributed by atoms with Crippen LogP contribution >= 0.6 is 11.8 Å². The van der Waals surface area contributed by atoms with Gasteiger partial charge in [0.2, 0.25) is 0 Å². The van der Waals surface area contributed by atoms with E-state index >= 15 is 0 Å². The lowest BCUT2D eigenvalue weighted by Gasteiger charge is -2.17. The van der Waals surface area contributed by atoms with Crippen LogP contribution in [-0.4, -0.2) is 23.0 Å². The number of pyridine rings is 1. The molecule has 21 heavy (non-hydrogen) atoms. The van der Waals surface area contributed by atoms with Crippen molar-refractivity contribution in [2.45, 2.75) is 22.8 Å². The molecule has 2 heterocycles. The van der Waals surface area contributed by atoms with Crippen LogP contribution in [0.1, 0.15) is 12.8 Å². The summed E-state index contributed by atoms with van der Waals surface area (Å²) in [6, 6.07) is 11.2. The maximum absolute atomic E-state index is 11.0. The molecule has 2 aromatic rings. The lowest BCUT2D eigenvalue weighted by molar-refractivity contribution is -0.388. The lowest BCUT2D eigenvalue weighted by atomic mass is 10.3. The Bertz CT molecular complexity index is 640. The van der Waals surface area contributed by atoms with Crippen LogP contribution in [0.15, 0.2) is 52.5 Å². The molecule has 0 bridgehead atoms. The van der Waals surface area contributed by atoms with Crippen LogP contribution in [0.25, 0.3) is 0 Å². The summed E-state index contributed by atoms with van der Waals surface area (Å²) >= 11 is 1.32. The minimum absolute atomic E-state index is 0.0473. The second kappa shape index (κ2) is 6.13. The first-order valence-corrected chi connectivity index (χ1v) is 7.68. The molecule has 1 aromatic carbocycles. The second-order valence-corrected chi connectivity index (χ2v) is 5.94. The molecular formula is C15H15N3O2S. The van der Waals surface area contributed by atoms with Gasteiger partial charge in [-0.05, 0) is 43.2 Å². The van der Waals surface area contributed by atoms with E-state index in [0.717, 1.165) is 18.0 Å². The van der Waals surface area contributed by atoms with Crippen LogP contribution in [0.2, 0.25) is 0 Å². The Kier molecular flexibility index (Phi) is 4.06. The average molecular weight is 301 g/mol. The van der Waals surface area contributed by atoms with E-state index in [0.29, 0.717) is 5.03 Å². The number of aromatic nitrogens is 1. The number of nitrogens with zero attached hydrogens (tertiary/aromatic N) is 3. The van der Waals surface area contributed by atoms with Gasteiger partial charge in [-0.1, -0.05) is 11.8 Å². The Balaban J connectivity index is 1.77. The number of anilines is 1. The van der Waals surface area contributed by atoms with Crippen LogP contribution < -0.4 is 4.90 Å². The average Bonchev–Trinajstić information content (AvgIpc) is 3.03. The second-order valence-electron chi connectivity index (χ2n) is 4.87. The van der Waals surface area contributed by atoms with Gasteiger partial charge in [0.25, 0.3) is 0 Å². The van der Waals surface area contributed by atoms with Crippen molar-refractivity contribution in [1.82, 2.24) is 4.98 Å².